The largest absolute Gasteiger partial charge is 0.255 e. The quantitative estimate of drug-likeness (QED) is 0.315. The van der Waals surface area contributed by atoms with Gasteiger partial charge in [0.25, 0.3) is 0 Å². The van der Waals surface area contributed by atoms with E-state index in [9.17, 15) is 0 Å². The number of rotatable bonds is 5. The van der Waals surface area contributed by atoms with Crippen LogP contribution in [0.15, 0.2) is 122 Å². The lowest BCUT2D eigenvalue weighted by molar-refractivity contribution is 0.804. The van der Waals surface area contributed by atoms with Crippen molar-refractivity contribution in [3.63, 3.8) is 0 Å². The molecule has 0 aliphatic rings. The van der Waals surface area contributed by atoms with Crippen molar-refractivity contribution in [2.75, 3.05) is 0 Å². The van der Waals surface area contributed by atoms with Crippen LogP contribution in [0.25, 0.3) is 50.8 Å². The first kappa shape index (κ1) is 20.6. The third kappa shape index (κ3) is 4.32. The summed E-state index contributed by atoms with van der Waals surface area (Å²) in [6, 6.07) is 34.1. The minimum atomic E-state index is 0.802. The van der Waals surface area contributed by atoms with Gasteiger partial charge >= 0.3 is 0 Å². The van der Waals surface area contributed by atoms with Gasteiger partial charge in [0.05, 0.1) is 34.7 Å². The van der Waals surface area contributed by atoms with Crippen molar-refractivity contribution < 1.29 is 0 Å². The average molecular weight is 453 g/mol. The summed E-state index contributed by atoms with van der Waals surface area (Å²) in [4.78, 5) is 13.8. The van der Waals surface area contributed by atoms with Crippen molar-refractivity contribution in [1.82, 2.24) is 29.9 Å². The fourth-order valence-electron chi connectivity index (χ4n) is 3.93. The van der Waals surface area contributed by atoms with Crippen LogP contribution in [0.2, 0.25) is 0 Å². The minimum Gasteiger partial charge on any atom is -0.255 e. The maximum atomic E-state index is 4.85. The van der Waals surface area contributed by atoms with E-state index in [4.69, 9.17) is 4.98 Å². The predicted octanol–water partition coefficient (Wildman–Crippen LogP) is 6.12. The summed E-state index contributed by atoms with van der Waals surface area (Å²) in [5.74, 6) is 0. The predicted molar refractivity (Wildman–Crippen MR) is 136 cm³/mol. The first-order chi connectivity index (χ1) is 17.3. The van der Waals surface area contributed by atoms with Crippen molar-refractivity contribution in [3.8, 4) is 50.8 Å². The molecular formula is C29H20N6. The molecule has 4 heterocycles. The molecule has 0 fully saturated rings. The van der Waals surface area contributed by atoms with Gasteiger partial charge in [-0.25, -0.2) is 9.67 Å². The summed E-state index contributed by atoms with van der Waals surface area (Å²) in [6.45, 7) is 0. The molecule has 0 saturated heterocycles. The molecule has 0 saturated carbocycles. The molecule has 166 valence electrons. The molecule has 6 aromatic rings. The summed E-state index contributed by atoms with van der Waals surface area (Å²) < 4.78 is 1.79. The minimum absolute atomic E-state index is 0.802. The number of hydrogen-bond donors (Lipinski definition) is 0. The van der Waals surface area contributed by atoms with E-state index in [1.54, 1.807) is 17.1 Å². The van der Waals surface area contributed by atoms with Crippen molar-refractivity contribution in [3.05, 3.63) is 122 Å². The first-order valence-corrected chi connectivity index (χ1v) is 11.3. The summed E-state index contributed by atoms with van der Waals surface area (Å²) in [5.41, 5.74) is 8.16. The molecule has 0 aliphatic carbocycles. The van der Waals surface area contributed by atoms with Gasteiger partial charge in [0.1, 0.15) is 5.69 Å². The normalized spacial score (nSPS) is 10.9. The molecule has 6 heteroatoms. The lowest BCUT2D eigenvalue weighted by atomic mass is 10.0. The van der Waals surface area contributed by atoms with Crippen LogP contribution >= 0.6 is 0 Å². The average Bonchev–Trinajstić information content (AvgIpc) is 3.45. The van der Waals surface area contributed by atoms with Gasteiger partial charge in [-0.3, -0.25) is 9.97 Å². The van der Waals surface area contributed by atoms with E-state index in [1.165, 1.54) is 0 Å². The van der Waals surface area contributed by atoms with E-state index in [0.29, 0.717) is 0 Å². The fourth-order valence-corrected chi connectivity index (χ4v) is 3.93. The van der Waals surface area contributed by atoms with Gasteiger partial charge in [0.15, 0.2) is 0 Å². The Morgan fingerprint density at radius 3 is 1.71 bits per heavy atom. The number of benzene rings is 2. The van der Waals surface area contributed by atoms with Gasteiger partial charge in [-0.2, -0.15) is 0 Å². The van der Waals surface area contributed by atoms with Gasteiger partial charge in [0.2, 0.25) is 0 Å². The summed E-state index contributed by atoms with van der Waals surface area (Å²) in [7, 11) is 0. The molecule has 0 unspecified atom stereocenters. The maximum absolute atomic E-state index is 4.85. The molecule has 2 aromatic carbocycles. The van der Waals surface area contributed by atoms with Crippen LogP contribution in [0, 0.1) is 0 Å². The Morgan fingerprint density at radius 2 is 1.11 bits per heavy atom. The molecule has 0 atom stereocenters. The molecular weight excluding hydrogens is 432 g/mol. The van der Waals surface area contributed by atoms with Crippen LogP contribution in [-0.4, -0.2) is 29.9 Å². The third-order valence-electron chi connectivity index (χ3n) is 5.71. The lowest BCUT2D eigenvalue weighted by Gasteiger charge is -2.10. The number of hydrogen-bond acceptors (Lipinski definition) is 5. The third-order valence-corrected chi connectivity index (χ3v) is 5.71. The van der Waals surface area contributed by atoms with E-state index in [1.807, 2.05) is 85.1 Å². The van der Waals surface area contributed by atoms with Gasteiger partial charge in [-0.15, -0.1) is 5.10 Å². The van der Waals surface area contributed by atoms with Gasteiger partial charge in [0, 0.05) is 18.0 Å². The van der Waals surface area contributed by atoms with Crippen LogP contribution in [0.4, 0.5) is 0 Å². The Balaban J connectivity index is 1.37. The Labute approximate surface area is 202 Å². The van der Waals surface area contributed by atoms with Gasteiger partial charge in [-0.05, 0) is 59.7 Å². The van der Waals surface area contributed by atoms with E-state index >= 15 is 0 Å². The number of pyridine rings is 3. The zero-order chi connectivity index (χ0) is 23.5. The highest BCUT2D eigenvalue weighted by Gasteiger charge is 2.11. The van der Waals surface area contributed by atoms with E-state index in [0.717, 1.165) is 50.8 Å². The summed E-state index contributed by atoms with van der Waals surface area (Å²) in [5, 5.41) is 8.64. The van der Waals surface area contributed by atoms with E-state index < -0.39 is 0 Å². The Morgan fingerprint density at radius 1 is 0.486 bits per heavy atom. The second-order valence-electron chi connectivity index (χ2n) is 8.02. The standard InChI is InChI=1S/C29H20N6/c1-2-8-22(9-3-1)29-20-35(34-33-29)24-14-12-21(13-15-24)23-18-27(25-10-4-6-16-30-25)32-28(19-23)26-11-5-7-17-31-26/h1-20H. The summed E-state index contributed by atoms with van der Waals surface area (Å²) >= 11 is 0. The zero-order valence-corrected chi connectivity index (χ0v) is 18.7. The van der Waals surface area contributed by atoms with Crippen molar-refractivity contribution in [2.24, 2.45) is 0 Å². The Bertz CT molecular complexity index is 1500. The molecule has 0 radical (unpaired) electrons. The molecule has 6 rings (SSSR count). The second kappa shape index (κ2) is 9.11. The van der Waals surface area contributed by atoms with Crippen LogP contribution in [0.3, 0.4) is 0 Å². The van der Waals surface area contributed by atoms with Crippen molar-refractivity contribution >= 4 is 0 Å². The highest BCUT2D eigenvalue weighted by atomic mass is 15.4. The monoisotopic (exact) mass is 452 g/mol. The smallest absolute Gasteiger partial charge is 0.113 e. The summed E-state index contributed by atoms with van der Waals surface area (Å²) in [6.07, 6.45) is 5.50. The van der Waals surface area contributed by atoms with Crippen LogP contribution in [0.1, 0.15) is 0 Å². The van der Waals surface area contributed by atoms with Gasteiger partial charge in [-0.1, -0.05) is 59.8 Å². The molecule has 6 nitrogen and oxygen atoms in total. The molecule has 0 amide bonds. The van der Waals surface area contributed by atoms with E-state index in [2.05, 4.69) is 44.5 Å². The lowest BCUT2D eigenvalue weighted by Crippen LogP contribution is -1.96. The maximum Gasteiger partial charge on any atom is 0.113 e. The number of aromatic nitrogens is 6. The first-order valence-electron chi connectivity index (χ1n) is 11.3. The van der Waals surface area contributed by atoms with E-state index in [-0.39, 0.29) is 0 Å². The van der Waals surface area contributed by atoms with Crippen molar-refractivity contribution in [1.29, 1.82) is 0 Å². The fraction of sp³-hybridized carbons (Fsp3) is 0. The van der Waals surface area contributed by atoms with Gasteiger partial charge < -0.3 is 0 Å². The molecule has 0 spiro atoms. The molecule has 4 aromatic heterocycles. The molecule has 0 N–H and O–H groups in total. The highest BCUT2D eigenvalue weighted by Crippen LogP contribution is 2.29. The molecule has 35 heavy (non-hydrogen) atoms. The Hall–Kier alpha value is -4.97. The highest BCUT2D eigenvalue weighted by molar-refractivity contribution is 5.75. The molecule has 0 aliphatic heterocycles. The van der Waals surface area contributed by atoms with Crippen LogP contribution in [0.5, 0.6) is 0 Å². The topological polar surface area (TPSA) is 69.4 Å². The number of nitrogens with zero attached hydrogens (tertiary/aromatic N) is 6. The SMILES string of the molecule is c1ccc(-c2cn(-c3ccc(-c4cc(-c5ccccn5)nc(-c5ccccn5)c4)cc3)nn2)cc1. The van der Waals surface area contributed by atoms with Crippen LogP contribution in [-0.2, 0) is 0 Å². The van der Waals surface area contributed by atoms with Crippen LogP contribution < -0.4 is 0 Å². The molecule has 0 bridgehead atoms. The second-order valence-corrected chi connectivity index (χ2v) is 8.02. The Kier molecular flexibility index (Phi) is 5.37. The zero-order valence-electron chi connectivity index (χ0n) is 18.7. The van der Waals surface area contributed by atoms with Crippen molar-refractivity contribution in [2.45, 2.75) is 0 Å².